The van der Waals surface area contributed by atoms with Gasteiger partial charge in [0.1, 0.15) is 5.82 Å². The Morgan fingerprint density at radius 3 is 2.64 bits per heavy atom. The van der Waals surface area contributed by atoms with Crippen LogP contribution in [0.2, 0.25) is 0 Å². The van der Waals surface area contributed by atoms with E-state index in [0.29, 0.717) is 13.1 Å². The van der Waals surface area contributed by atoms with Gasteiger partial charge in [-0.05, 0) is 12.1 Å². The lowest BCUT2D eigenvalue weighted by Gasteiger charge is -2.20. The fourth-order valence-corrected chi connectivity index (χ4v) is 1.25. The number of carbonyl (C=O) groups is 1. The van der Waals surface area contributed by atoms with E-state index in [9.17, 15) is 9.18 Å². The Morgan fingerprint density at radius 2 is 2.14 bits per heavy atom. The Morgan fingerprint density at radius 1 is 1.50 bits per heavy atom. The zero-order valence-corrected chi connectivity index (χ0v) is 8.03. The Balaban J connectivity index is 2.99. The molecule has 3 nitrogen and oxygen atoms in total. The van der Waals surface area contributed by atoms with Crippen LogP contribution in [0.15, 0.2) is 24.3 Å². The van der Waals surface area contributed by atoms with Gasteiger partial charge in [0, 0.05) is 20.0 Å². The van der Waals surface area contributed by atoms with E-state index in [1.54, 1.807) is 18.2 Å². The van der Waals surface area contributed by atoms with Gasteiger partial charge in [-0.15, -0.1) is 0 Å². The third kappa shape index (κ3) is 2.29. The summed E-state index contributed by atoms with van der Waals surface area (Å²) < 4.78 is 13.3. The second kappa shape index (κ2) is 4.72. The zero-order valence-electron chi connectivity index (χ0n) is 8.03. The highest BCUT2D eigenvalue weighted by atomic mass is 19.1. The lowest BCUT2D eigenvalue weighted by Crippen LogP contribution is -2.34. The molecule has 0 radical (unpaired) electrons. The molecule has 0 heterocycles. The van der Waals surface area contributed by atoms with Crippen LogP contribution in [0.25, 0.3) is 0 Å². The average Bonchev–Trinajstić information content (AvgIpc) is 2.15. The van der Waals surface area contributed by atoms with Gasteiger partial charge >= 0.3 is 0 Å². The fourth-order valence-electron chi connectivity index (χ4n) is 1.25. The SMILES string of the molecule is CC(=O)N(CCN)c1ccccc1F. The van der Waals surface area contributed by atoms with Crippen LogP contribution in [0, 0.1) is 5.82 Å². The third-order valence-electron chi connectivity index (χ3n) is 1.88. The minimum absolute atomic E-state index is 0.208. The van der Waals surface area contributed by atoms with Crippen molar-refractivity contribution in [2.24, 2.45) is 5.73 Å². The number of anilines is 1. The summed E-state index contributed by atoms with van der Waals surface area (Å²) in [5, 5.41) is 0. The highest BCUT2D eigenvalue weighted by Crippen LogP contribution is 2.17. The van der Waals surface area contributed by atoms with E-state index in [-0.39, 0.29) is 11.6 Å². The van der Waals surface area contributed by atoms with Gasteiger partial charge in [0.2, 0.25) is 5.91 Å². The van der Waals surface area contributed by atoms with Crippen molar-refractivity contribution in [2.45, 2.75) is 6.92 Å². The van der Waals surface area contributed by atoms with Crippen LogP contribution in [-0.4, -0.2) is 19.0 Å². The molecule has 4 heteroatoms. The molecule has 76 valence electrons. The van der Waals surface area contributed by atoms with E-state index < -0.39 is 5.82 Å². The maximum atomic E-state index is 13.3. The summed E-state index contributed by atoms with van der Waals surface area (Å²) in [6.07, 6.45) is 0. The normalized spacial score (nSPS) is 9.93. The molecule has 0 unspecified atom stereocenters. The number of carbonyl (C=O) groups excluding carboxylic acids is 1. The molecule has 2 N–H and O–H groups in total. The molecule has 0 saturated carbocycles. The maximum absolute atomic E-state index is 13.3. The van der Waals surface area contributed by atoms with Crippen molar-refractivity contribution < 1.29 is 9.18 Å². The number of para-hydroxylation sites is 1. The number of halogens is 1. The van der Waals surface area contributed by atoms with Gasteiger partial charge in [-0.2, -0.15) is 0 Å². The lowest BCUT2D eigenvalue weighted by molar-refractivity contribution is -0.116. The topological polar surface area (TPSA) is 46.3 Å². The molecule has 0 bridgehead atoms. The second-order valence-corrected chi connectivity index (χ2v) is 2.91. The smallest absolute Gasteiger partial charge is 0.223 e. The predicted octanol–water partition coefficient (Wildman–Crippen LogP) is 1.14. The number of rotatable bonds is 3. The third-order valence-corrected chi connectivity index (χ3v) is 1.88. The summed E-state index contributed by atoms with van der Waals surface area (Å²) in [5.41, 5.74) is 5.62. The van der Waals surface area contributed by atoms with Crippen molar-refractivity contribution in [2.75, 3.05) is 18.0 Å². The predicted molar refractivity (Wildman–Crippen MR) is 53.5 cm³/mol. The van der Waals surface area contributed by atoms with E-state index >= 15 is 0 Å². The van der Waals surface area contributed by atoms with Crippen molar-refractivity contribution in [3.8, 4) is 0 Å². The minimum Gasteiger partial charge on any atom is -0.329 e. The van der Waals surface area contributed by atoms with Gasteiger partial charge < -0.3 is 10.6 Å². The van der Waals surface area contributed by atoms with E-state index in [4.69, 9.17) is 5.73 Å². The van der Waals surface area contributed by atoms with Gasteiger partial charge in [0.25, 0.3) is 0 Å². The van der Waals surface area contributed by atoms with Gasteiger partial charge in [-0.25, -0.2) is 4.39 Å². The summed E-state index contributed by atoms with van der Waals surface area (Å²) in [6.45, 7) is 2.03. The first-order valence-electron chi connectivity index (χ1n) is 4.39. The molecule has 0 aliphatic carbocycles. The molecule has 0 aliphatic rings. The highest BCUT2D eigenvalue weighted by molar-refractivity contribution is 5.91. The molecule has 1 aromatic rings. The molecular weight excluding hydrogens is 183 g/mol. The van der Waals surface area contributed by atoms with Crippen molar-refractivity contribution >= 4 is 11.6 Å². The zero-order chi connectivity index (χ0) is 10.6. The first-order chi connectivity index (χ1) is 6.66. The van der Waals surface area contributed by atoms with Crippen molar-refractivity contribution in [3.05, 3.63) is 30.1 Å². The van der Waals surface area contributed by atoms with Gasteiger partial charge in [-0.1, -0.05) is 12.1 Å². The standard InChI is InChI=1S/C10H13FN2O/c1-8(14)13(7-6-12)10-5-3-2-4-9(10)11/h2-5H,6-7,12H2,1H3. The van der Waals surface area contributed by atoms with Gasteiger partial charge in [0.15, 0.2) is 0 Å². The summed E-state index contributed by atoms with van der Waals surface area (Å²) in [6, 6.07) is 6.15. The molecule has 0 spiro atoms. The molecule has 0 aromatic heterocycles. The van der Waals surface area contributed by atoms with Crippen LogP contribution in [-0.2, 0) is 4.79 Å². The van der Waals surface area contributed by atoms with Crippen molar-refractivity contribution in [1.82, 2.24) is 0 Å². The maximum Gasteiger partial charge on any atom is 0.223 e. The first kappa shape index (κ1) is 10.7. The Bertz CT molecular complexity index is 328. The molecule has 0 atom stereocenters. The van der Waals surface area contributed by atoms with E-state index in [0.717, 1.165) is 0 Å². The van der Waals surface area contributed by atoms with Crippen LogP contribution in [0.3, 0.4) is 0 Å². The highest BCUT2D eigenvalue weighted by Gasteiger charge is 2.13. The summed E-state index contributed by atoms with van der Waals surface area (Å²) >= 11 is 0. The minimum atomic E-state index is -0.406. The van der Waals surface area contributed by atoms with Gasteiger partial charge in [0.05, 0.1) is 5.69 Å². The van der Waals surface area contributed by atoms with Crippen LogP contribution >= 0.6 is 0 Å². The molecule has 0 saturated heterocycles. The fraction of sp³-hybridized carbons (Fsp3) is 0.300. The molecule has 1 rings (SSSR count). The first-order valence-corrected chi connectivity index (χ1v) is 4.39. The van der Waals surface area contributed by atoms with Crippen molar-refractivity contribution in [1.29, 1.82) is 0 Å². The van der Waals surface area contributed by atoms with E-state index in [2.05, 4.69) is 0 Å². The summed E-state index contributed by atoms with van der Waals surface area (Å²) in [5.74, 6) is -0.614. The van der Waals surface area contributed by atoms with Crippen LogP contribution in [0.4, 0.5) is 10.1 Å². The number of hydrogen-bond donors (Lipinski definition) is 1. The van der Waals surface area contributed by atoms with E-state index in [1.165, 1.54) is 17.9 Å². The Labute approximate surface area is 82.3 Å². The summed E-state index contributed by atoms with van der Waals surface area (Å²) in [7, 11) is 0. The Kier molecular flexibility index (Phi) is 3.59. The Hall–Kier alpha value is -1.42. The van der Waals surface area contributed by atoms with Gasteiger partial charge in [-0.3, -0.25) is 4.79 Å². The summed E-state index contributed by atoms with van der Waals surface area (Å²) in [4.78, 5) is 12.5. The number of benzene rings is 1. The number of hydrogen-bond acceptors (Lipinski definition) is 2. The lowest BCUT2D eigenvalue weighted by atomic mass is 10.2. The number of nitrogens with zero attached hydrogens (tertiary/aromatic N) is 1. The average molecular weight is 196 g/mol. The second-order valence-electron chi connectivity index (χ2n) is 2.91. The molecular formula is C10H13FN2O. The van der Waals surface area contributed by atoms with Crippen LogP contribution in [0.5, 0.6) is 0 Å². The van der Waals surface area contributed by atoms with E-state index in [1.807, 2.05) is 0 Å². The monoisotopic (exact) mass is 196 g/mol. The number of amides is 1. The van der Waals surface area contributed by atoms with Crippen LogP contribution < -0.4 is 10.6 Å². The molecule has 0 aliphatic heterocycles. The molecule has 0 fully saturated rings. The molecule has 1 amide bonds. The quantitative estimate of drug-likeness (QED) is 0.787. The molecule has 1 aromatic carbocycles. The number of nitrogens with two attached hydrogens (primary N) is 1. The largest absolute Gasteiger partial charge is 0.329 e. The van der Waals surface area contributed by atoms with Crippen molar-refractivity contribution in [3.63, 3.8) is 0 Å². The molecule has 14 heavy (non-hydrogen) atoms. The van der Waals surface area contributed by atoms with Crippen LogP contribution in [0.1, 0.15) is 6.92 Å².